The molecular weight excluding hydrogens is 383 g/mol. The van der Waals surface area contributed by atoms with E-state index in [0.717, 1.165) is 12.0 Å². The first-order valence-electron chi connectivity index (χ1n) is 9.26. The van der Waals surface area contributed by atoms with Crippen LogP contribution in [0.2, 0.25) is 0 Å². The van der Waals surface area contributed by atoms with E-state index < -0.39 is 11.9 Å². The Morgan fingerprint density at radius 3 is 2.69 bits per heavy atom. The van der Waals surface area contributed by atoms with E-state index in [9.17, 15) is 18.0 Å². The largest absolute Gasteiger partial charge is 0.432 e. The molecule has 0 spiro atoms. The van der Waals surface area contributed by atoms with E-state index in [2.05, 4.69) is 15.7 Å². The Labute approximate surface area is 166 Å². The number of aryl methyl sites for hydroxylation is 1. The molecular formula is C20H22F3N5O. The molecule has 0 fully saturated rings. The van der Waals surface area contributed by atoms with Crippen molar-refractivity contribution in [2.24, 2.45) is 7.05 Å². The van der Waals surface area contributed by atoms with Crippen molar-refractivity contribution in [1.82, 2.24) is 15.1 Å². The molecule has 2 aromatic rings. The van der Waals surface area contributed by atoms with Gasteiger partial charge < -0.3 is 10.6 Å². The summed E-state index contributed by atoms with van der Waals surface area (Å²) in [6, 6.07) is 8.53. The second kappa shape index (κ2) is 8.50. The highest BCUT2D eigenvalue weighted by molar-refractivity contribution is 6.04. The van der Waals surface area contributed by atoms with Gasteiger partial charge in [0.25, 0.3) is 5.91 Å². The lowest BCUT2D eigenvalue weighted by Crippen LogP contribution is -2.29. The molecule has 1 aliphatic rings. The first-order chi connectivity index (χ1) is 13.7. The Balaban J connectivity index is 1.70. The van der Waals surface area contributed by atoms with Gasteiger partial charge >= 0.3 is 6.18 Å². The van der Waals surface area contributed by atoms with E-state index >= 15 is 0 Å². The normalized spacial score (nSPS) is 14.6. The summed E-state index contributed by atoms with van der Waals surface area (Å²) in [5, 5.41) is 17.3. The van der Waals surface area contributed by atoms with Crippen LogP contribution in [0.1, 0.15) is 41.6 Å². The van der Waals surface area contributed by atoms with Gasteiger partial charge in [-0.1, -0.05) is 12.1 Å². The number of nitrogens with zero attached hydrogens (tertiary/aromatic N) is 2. The minimum Gasteiger partial charge on any atom is -0.384 e. The van der Waals surface area contributed by atoms with Crippen LogP contribution in [0.5, 0.6) is 0 Å². The third kappa shape index (κ3) is 5.24. The number of hydrogen-bond acceptors (Lipinski definition) is 4. The summed E-state index contributed by atoms with van der Waals surface area (Å²) in [6.07, 6.45) is -0.792. The van der Waals surface area contributed by atoms with Crippen molar-refractivity contribution in [2.75, 3.05) is 5.32 Å². The van der Waals surface area contributed by atoms with Crippen LogP contribution < -0.4 is 10.6 Å². The Bertz CT molecular complexity index is 946. The third-order valence-electron chi connectivity index (χ3n) is 4.70. The number of hydrogen-bond donors (Lipinski definition) is 3. The molecule has 3 rings (SSSR count). The zero-order valence-electron chi connectivity index (χ0n) is 15.9. The summed E-state index contributed by atoms with van der Waals surface area (Å²) < 4.78 is 40.4. The number of aromatic nitrogens is 2. The van der Waals surface area contributed by atoms with E-state index in [4.69, 9.17) is 5.41 Å². The van der Waals surface area contributed by atoms with Crippen molar-refractivity contribution in [3.63, 3.8) is 0 Å². The van der Waals surface area contributed by atoms with Crippen molar-refractivity contribution < 1.29 is 18.0 Å². The first-order valence-corrected chi connectivity index (χ1v) is 9.26. The van der Waals surface area contributed by atoms with Gasteiger partial charge in [0.1, 0.15) is 5.71 Å². The van der Waals surface area contributed by atoms with E-state index in [1.165, 1.54) is 0 Å². The number of amides is 1. The van der Waals surface area contributed by atoms with Crippen LogP contribution in [0.3, 0.4) is 0 Å². The second-order valence-electron chi connectivity index (χ2n) is 6.92. The van der Waals surface area contributed by atoms with Gasteiger partial charge in [0, 0.05) is 42.7 Å². The lowest BCUT2D eigenvalue weighted by Gasteiger charge is -2.23. The summed E-state index contributed by atoms with van der Waals surface area (Å²) in [5.41, 5.74) is 0.406. The first kappa shape index (κ1) is 20.6. The second-order valence-corrected chi connectivity index (χ2v) is 6.92. The van der Waals surface area contributed by atoms with Crippen LogP contribution >= 0.6 is 0 Å². The number of allylic oxidation sites excluding steroid dienone is 2. The van der Waals surface area contributed by atoms with Gasteiger partial charge in [-0.3, -0.25) is 14.9 Å². The van der Waals surface area contributed by atoms with E-state index in [-0.39, 0.29) is 24.4 Å². The fourth-order valence-electron chi connectivity index (χ4n) is 3.25. The average Bonchev–Trinajstić information content (AvgIpc) is 3.10. The van der Waals surface area contributed by atoms with Gasteiger partial charge in [-0.2, -0.15) is 18.3 Å². The summed E-state index contributed by atoms with van der Waals surface area (Å²) in [5.74, 6) is 0.116. The van der Waals surface area contributed by atoms with Crippen molar-refractivity contribution in [3.05, 3.63) is 58.9 Å². The van der Waals surface area contributed by atoms with E-state index in [1.807, 2.05) is 0 Å². The molecule has 9 heteroatoms. The minimum atomic E-state index is -4.65. The molecule has 154 valence electrons. The Morgan fingerprint density at radius 2 is 2.00 bits per heavy atom. The Hall–Kier alpha value is -3.10. The molecule has 29 heavy (non-hydrogen) atoms. The smallest absolute Gasteiger partial charge is 0.384 e. The number of carbonyl (C=O) groups excluding carboxylic acids is 1. The maximum absolute atomic E-state index is 13.0. The molecule has 0 bridgehead atoms. The topological polar surface area (TPSA) is 82.8 Å². The third-order valence-corrected chi connectivity index (χ3v) is 4.70. The number of benzene rings is 1. The average molecular weight is 405 g/mol. The number of halogens is 3. The maximum Gasteiger partial charge on any atom is 0.432 e. The number of anilines is 1. The van der Waals surface area contributed by atoms with E-state index in [1.54, 1.807) is 48.3 Å². The number of nitrogens with one attached hydrogen (secondary N) is 3. The minimum absolute atomic E-state index is 0.0350. The molecule has 1 aromatic heterocycles. The highest BCUT2D eigenvalue weighted by atomic mass is 19.4. The molecule has 0 unspecified atom stereocenters. The molecule has 6 nitrogen and oxygen atoms in total. The van der Waals surface area contributed by atoms with Gasteiger partial charge in [0.15, 0.2) is 5.82 Å². The number of alkyl halides is 3. The van der Waals surface area contributed by atoms with Crippen LogP contribution in [0.25, 0.3) is 0 Å². The van der Waals surface area contributed by atoms with Crippen LogP contribution in [0.4, 0.5) is 19.0 Å². The van der Waals surface area contributed by atoms with Gasteiger partial charge in [-0.25, -0.2) is 0 Å². The predicted molar refractivity (Wildman–Crippen MR) is 104 cm³/mol. The molecule has 3 N–H and O–H groups in total. The van der Waals surface area contributed by atoms with Crippen LogP contribution in [0, 0.1) is 5.41 Å². The van der Waals surface area contributed by atoms with Gasteiger partial charge in [0.05, 0.1) is 0 Å². The highest BCUT2D eigenvalue weighted by Crippen LogP contribution is 2.30. The molecule has 1 aromatic carbocycles. The molecule has 0 saturated carbocycles. The van der Waals surface area contributed by atoms with Gasteiger partial charge in [0.2, 0.25) is 0 Å². The van der Waals surface area contributed by atoms with Crippen LogP contribution in [0.15, 0.2) is 47.8 Å². The Kier molecular flexibility index (Phi) is 6.05. The standard InChI is InChI=1S/C20H22F3N5O/c1-28-10-9-17(27-28)26-19(29)14-6-4-5-13(11-14)12-25-16-8-3-2-7-15(16)18(24)20(21,22)23/h4-6,9-11,24-25H,2-3,7-8,12H2,1H3,(H,26,27,29). The molecule has 0 aliphatic heterocycles. The summed E-state index contributed by atoms with van der Waals surface area (Å²) in [6.45, 7) is 0.272. The highest BCUT2D eigenvalue weighted by Gasteiger charge is 2.38. The van der Waals surface area contributed by atoms with Gasteiger partial charge in [-0.05, 0) is 43.4 Å². The van der Waals surface area contributed by atoms with Crippen LogP contribution in [-0.2, 0) is 13.6 Å². The summed E-state index contributed by atoms with van der Waals surface area (Å²) in [7, 11) is 1.74. The van der Waals surface area contributed by atoms with Gasteiger partial charge in [-0.15, -0.1) is 0 Å². The summed E-state index contributed by atoms with van der Waals surface area (Å²) >= 11 is 0. The van der Waals surface area contributed by atoms with Crippen molar-refractivity contribution in [1.29, 1.82) is 5.41 Å². The zero-order chi connectivity index (χ0) is 21.0. The lowest BCUT2D eigenvalue weighted by atomic mass is 9.92. The van der Waals surface area contributed by atoms with E-state index in [0.29, 0.717) is 29.9 Å². The Morgan fingerprint density at radius 1 is 1.24 bits per heavy atom. The van der Waals surface area contributed by atoms with Crippen molar-refractivity contribution in [3.8, 4) is 0 Å². The van der Waals surface area contributed by atoms with Crippen molar-refractivity contribution >= 4 is 17.4 Å². The fraction of sp³-hybridized carbons (Fsp3) is 0.350. The summed E-state index contributed by atoms with van der Waals surface area (Å²) in [4.78, 5) is 12.4. The quantitative estimate of drug-likeness (QED) is 0.631. The molecule has 1 heterocycles. The molecule has 0 radical (unpaired) electrons. The molecule has 0 atom stereocenters. The molecule has 1 aliphatic carbocycles. The maximum atomic E-state index is 13.0. The number of carbonyl (C=O) groups is 1. The molecule has 1 amide bonds. The lowest BCUT2D eigenvalue weighted by molar-refractivity contribution is -0.0592. The zero-order valence-corrected chi connectivity index (χ0v) is 15.9. The fourth-order valence-corrected chi connectivity index (χ4v) is 3.25. The monoisotopic (exact) mass is 405 g/mol. The molecule has 0 saturated heterocycles. The number of rotatable bonds is 6. The van der Waals surface area contributed by atoms with Crippen molar-refractivity contribution in [2.45, 2.75) is 38.4 Å². The van der Waals surface area contributed by atoms with Crippen LogP contribution in [-0.4, -0.2) is 27.6 Å². The predicted octanol–water partition coefficient (Wildman–Crippen LogP) is 4.17. The SMILES string of the molecule is Cn1ccc(NC(=O)c2cccc(CNC3=C(C(=N)C(F)(F)F)CCCC3)c2)n1.